The molecule has 0 N–H and O–H groups in total. The summed E-state index contributed by atoms with van der Waals surface area (Å²) >= 11 is 0. The van der Waals surface area contributed by atoms with E-state index >= 15 is 0 Å². The highest BCUT2D eigenvalue weighted by Crippen LogP contribution is 2.36. The predicted molar refractivity (Wildman–Crippen MR) is 97.7 cm³/mol. The second-order valence-electron chi connectivity index (χ2n) is 6.85. The fraction of sp³-hybridized carbons (Fsp3) is 0.700. The van der Waals surface area contributed by atoms with Gasteiger partial charge in [-0.15, -0.1) is 0 Å². The van der Waals surface area contributed by atoms with Crippen LogP contribution in [0.4, 0.5) is 0 Å². The van der Waals surface area contributed by atoms with E-state index in [9.17, 15) is 0 Å². The van der Waals surface area contributed by atoms with Gasteiger partial charge in [-0.05, 0) is 62.0 Å². The van der Waals surface area contributed by atoms with Gasteiger partial charge >= 0.3 is 0 Å². The molecule has 5 nitrogen and oxygen atoms in total. The lowest BCUT2D eigenvalue weighted by Gasteiger charge is -2.26. The molecule has 140 valence electrons. The maximum absolute atomic E-state index is 6.06. The number of methoxy groups -OCH3 is 2. The summed E-state index contributed by atoms with van der Waals surface area (Å²) in [5, 5.41) is 0. The van der Waals surface area contributed by atoms with Crippen molar-refractivity contribution in [2.24, 2.45) is 0 Å². The van der Waals surface area contributed by atoms with Crippen LogP contribution in [0.25, 0.3) is 0 Å². The number of rotatable bonds is 7. The largest absolute Gasteiger partial charge is 0.493 e. The molecule has 2 aliphatic rings. The molecule has 0 bridgehead atoms. The van der Waals surface area contributed by atoms with Gasteiger partial charge in [0, 0.05) is 13.2 Å². The molecule has 1 atom stereocenters. The van der Waals surface area contributed by atoms with Crippen molar-refractivity contribution in [3.63, 3.8) is 0 Å². The SMILES string of the molecule is COc1cc2c(cc1OC)C(COCCN1CCCCC1)OCCC2. The average Bonchev–Trinajstić information content (AvgIpc) is 2.86. The highest BCUT2D eigenvalue weighted by Gasteiger charge is 2.22. The Morgan fingerprint density at radius 1 is 1.04 bits per heavy atom. The summed E-state index contributed by atoms with van der Waals surface area (Å²) in [6.07, 6.45) is 6.00. The molecular weight excluding hydrogens is 318 g/mol. The van der Waals surface area contributed by atoms with Gasteiger partial charge in [0.15, 0.2) is 11.5 Å². The number of nitrogens with zero attached hydrogens (tertiary/aromatic N) is 1. The monoisotopic (exact) mass is 349 g/mol. The van der Waals surface area contributed by atoms with Gasteiger partial charge < -0.3 is 23.8 Å². The minimum Gasteiger partial charge on any atom is -0.493 e. The van der Waals surface area contributed by atoms with Crippen LogP contribution in [0.2, 0.25) is 0 Å². The van der Waals surface area contributed by atoms with Crippen molar-refractivity contribution >= 4 is 0 Å². The number of hydrogen-bond acceptors (Lipinski definition) is 5. The predicted octanol–water partition coefficient (Wildman–Crippen LogP) is 3.21. The van der Waals surface area contributed by atoms with Crippen molar-refractivity contribution < 1.29 is 18.9 Å². The van der Waals surface area contributed by atoms with Crippen molar-refractivity contribution in [1.82, 2.24) is 4.90 Å². The third kappa shape index (κ3) is 4.87. The fourth-order valence-electron chi connectivity index (χ4n) is 3.74. The first kappa shape index (κ1) is 18.5. The molecule has 25 heavy (non-hydrogen) atoms. The first-order valence-corrected chi connectivity index (χ1v) is 9.48. The van der Waals surface area contributed by atoms with Gasteiger partial charge in [0.25, 0.3) is 0 Å². The molecule has 0 spiro atoms. The molecule has 0 amide bonds. The zero-order valence-corrected chi connectivity index (χ0v) is 15.6. The summed E-state index contributed by atoms with van der Waals surface area (Å²) in [6, 6.07) is 4.14. The lowest BCUT2D eigenvalue weighted by atomic mass is 9.99. The van der Waals surface area contributed by atoms with Crippen LogP contribution in [-0.2, 0) is 15.9 Å². The first-order valence-electron chi connectivity index (χ1n) is 9.48. The molecular formula is C20H31NO4. The van der Waals surface area contributed by atoms with E-state index in [0.29, 0.717) is 6.61 Å². The second kappa shape index (κ2) is 9.41. The van der Waals surface area contributed by atoms with Gasteiger partial charge in [-0.2, -0.15) is 0 Å². The Morgan fingerprint density at radius 2 is 1.80 bits per heavy atom. The fourth-order valence-corrected chi connectivity index (χ4v) is 3.74. The van der Waals surface area contributed by atoms with E-state index in [1.54, 1.807) is 14.2 Å². The van der Waals surface area contributed by atoms with Crippen molar-refractivity contribution in [2.75, 3.05) is 53.7 Å². The van der Waals surface area contributed by atoms with Crippen LogP contribution in [0.5, 0.6) is 11.5 Å². The van der Waals surface area contributed by atoms with Crippen LogP contribution in [0.3, 0.4) is 0 Å². The summed E-state index contributed by atoms with van der Waals surface area (Å²) in [5.41, 5.74) is 2.45. The molecule has 1 aromatic carbocycles. The van der Waals surface area contributed by atoms with Crippen LogP contribution in [0.1, 0.15) is 42.9 Å². The summed E-state index contributed by atoms with van der Waals surface area (Å²) < 4.78 is 22.9. The minimum absolute atomic E-state index is 0.0290. The Labute approximate surface area is 151 Å². The van der Waals surface area contributed by atoms with Gasteiger partial charge in [-0.1, -0.05) is 6.42 Å². The van der Waals surface area contributed by atoms with E-state index in [-0.39, 0.29) is 6.10 Å². The highest BCUT2D eigenvalue weighted by molar-refractivity contribution is 5.48. The van der Waals surface area contributed by atoms with E-state index in [1.165, 1.54) is 43.5 Å². The molecule has 1 saturated heterocycles. The van der Waals surface area contributed by atoms with E-state index in [4.69, 9.17) is 18.9 Å². The zero-order valence-electron chi connectivity index (χ0n) is 15.6. The highest BCUT2D eigenvalue weighted by atomic mass is 16.5. The molecule has 1 fully saturated rings. The number of ether oxygens (including phenoxy) is 4. The lowest BCUT2D eigenvalue weighted by Crippen LogP contribution is -2.33. The molecule has 1 aromatic rings. The number of hydrogen-bond donors (Lipinski definition) is 0. The molecule has 2 aliphatic heterocycles. The number of benzene rings is 1. The second-order valence-corrected chi connectivity index (χ2v) is 6.85. The van der Waals surface area contributed by atoms with Gasteiger partial charge in [-0.3, -0.25) is 0 Å². The Bertz CT molecular complexity index is 543. The normalized spacial score (nSPS) is 21.4. The first-order chi connectivity index (χ1) is 12.3. The third-order valence-electron chi connectivity index (χ3n) is 5.17. The maximum atomic E-state index is 6.06. The van der Waals surface area contributed by atoms with Crippen LogP contribution in [0.15, 0.2) is 12.1 Å². The molecule has 1 unspecified atom stereocenters. The van der Waals surface area contributed by atoms with Crippen molar-refractivity contribution in [1.29, 1.82) is 0 Å². The molecule has 5 heteroatoms. The summed E-state index contributed by atoms with van der Waals surface area (Å²) in [6.45, 7) is 5.57. The van der Waals surface area contributed by atoms with E-state index in [1.807, 2.05) is 0 Å². The van der Waals surface area contributed by atoms with Gasteiger partial charge in [0.1, 0.15) is 6.10 Å². The molecule has 0 saturated carbocycles. The molecule has 3 rings (SSSR count). The standard InChI is InChI=1S/C20H31NO4/c1-22-18-13-16-7-6-11-25-20(17(16)14-19(18)23-2)15-24-12-10-21-8-4-3-5-9-21/h13-14,20H,3-12,15H2,1-2H3. The Morgan fingerprint density at radius 3 is 2.56 bits per heavy atom. The van der Waals surface area contributed by atoms with Crippen molar-refractivity contribution in [3.8, 4) is 11.5 Å². The molecule has 0 radical (unpaired) electrons. The molecule has 2 heterocycles. The van der Waals surface area contributed by atoms with Crippen LogP contribution in [0, 0.1) is 0 Å². The van der Waals surface area contributed by atoms with Crippen molar-refractivity contribution in [3.05, 3.63) is 23.3 Å². The Hall–Kier alpha value is -1.30. The quantitative estimate of drug-likeness (QED) is 0.707. The van der Waals surface area contributed by atoms with Crippen LogP contribution < -0.4 is 9.47 Å². The number of likely N-dealkylation sites (tertiary alicyclic amines) is 1. The summed E-state index contributed by atoms with van der Waals surface area (Å²) in [5.74, 6) is 1.54. The Balaban J connectivity index is 1.60. The lowest BCUT2D eigenvalue weighted by molar-refractivity contribution is -0.0206. The number of piperidine rings is 1. The zero-order chi connectivity index (χ0) is 17.5. The van der Waals surface area contributed by atoms with Gasteiger partial charge in [0.2, 0.25) is 0 Å². The van der Waals surface area contributed by atoms with Crippen molar-refractivity contribution in [2.45, 2.75) is 38.2 Å². The molecule has 0 aliphatic carbocycles. The smallest absolute Gasteiger partial charge is 0.161 e. The summed E-state index contributed by atoms with van der Waals surface area (Å²) in [4.78, 5) is 2.50. The molecule has 0 aromatic heterocycles. The number of fused-ring (bicyclic) bond motifs is 1. The van der Waals surface area contributed by atoms with Crippen LogP contribution in [-0.4, -0.2) is 58.6 Å². The topological polar surface area (TPSA) is 40.2 Å². The summed E-state index contributed by atoms with van der Waals surface area (Å²) in [7, 11) is 3.35. The minimum atomic E-state index is -0.0290. The average molecular weight is 349 g/mol. The van der Waals surface area contributed by atoms with E-state index in [2.05, 4.69) is 17.0 Å². The van der Waals surface area contributed by atoms with Crippen LogP contribution >= 0.6 is 0 Å². The van der Waals surface area contributed by atoms with Gasteiger partial charge in [0.05, 0.1) is 27.4 Å². The van der Waals surface area contributed by atoms with Gasteiger partial charge in [-0.25, -0.2) is 0 Å². The number of aryl methyl sites for hydroxylation is 1. The maximum Gasteiger partial charge on any atom is 0.161 e. The third-order valence-corrected chi connectivity index (χ3v) is 5.17. The van der Waals surface area contributed by atoms with E-state index in [0.717, 1.165) is 44.1 Å². The Kier molecular flexibility index (Phi) is 6.96. The van der Waals surface area contributed by atoms with E-state index < -0.39 is 0 Å².